The molecule has 0 saturated carbocycles. The number of ether oxygens (including phenoxy) is 1. The Bertz CT molecular complexity index is 2360. The number of amides is 3. The van der Waals surface area contributed by atoms with Gasteiger partial charge in [0.2, 0.25) is 11.8 Å². The quantitative estimate of drug-likeness (QED) is 0.116. The number of likely N-dealkylation sites (N-methyl/N-ethyl adjacent to an activating group) is 1. The van der Waals surface area contributed by atoms with Gasteiger partial charge < -0.3 is 24.8 Å². The highest BCUT2D eigenvalue weighted by atomic mass is 16.5. The number of aliphatic imine (C=N–C) groups is 1. The largest absolute Gasteiger partial charge is 0.453 e. The highest BCUT2D eigenvalue weighted by Crippen LogP contribution is 2.35. The molecule has 314 valence electrons. The number of hydrogen-bond donors (Lipinski definition) is 2. The van der Waals surface area contributed by atoms with Crippen LogP contribution in [0.5, 0.6) is 0 Å². The van der Waals surface area contributed by atoms with E-state index in [4.69, 9.17) is 14.7 Å². The van der Waals surface area contributed by atoms with Crippen LogP contribution in [0.15, 0.2) is 121 Å². The van der Waals surface area contributed by atoms with E-state index in [0.29, 0.717) is 13.0 Å². The molecule has 2 saturated heterocycles. The summed E-state index contributed by atoms with van der Waals surface area (Å²) >= 11 is 0. The number of nitrogens with zero attached hydrogens (tertiary/aromatic N) is 6. The Morgan fingerprint density at radius 3 is 2.11 bits per heavy atom. The van der Waals surface area contributed by atoms with E-state index in [1.807, 2.05) is 42.7 Å². The van der Waals surface area contributed by atoms with Crippen LogP contribution in [0.1, 0.15) is 80.6 Å². The van der Waals surface area contributed by atoms with Crippen molar-refractivity contribution in [2.75, 3.05) is 33.3 Å². The first-order valence-corrected chi connectivity index (χ1v) is 21.5. The van der Waals surface area contributed by atoms with E-state index >= 15 is 0 Å². The fourth-order valence-corrected chi connectivity index (χ4v) is 9.14. The summed E-state index contributed by atoms with van der Waals surface area (Å²) in [6.45, 7) is 7.17. The van der Waals surface area contributed by atoms with Gasteiger partial charge in [0.05, 0.1) is 31.1 Å². The van der Waals surface area contributed by atoms with E-state index < -0.39 is 12.1 Å². The molecule has 5 aromatic rings. The lowest BCUT2D eigenvalue weighted by Gasteiger charge is -2.35. The number of H-pyrrole nitrogens is 1. The summed E-state index contributed by atoms with van der Waals surface area (Å²) in [5, 5.41) is 2.73. The lowest BCUT2D eigenvalue weighted by Crippen LogP contribution is -2.49. The zero-order chi connectivity index (χ0) is 42.3. The molecule has 8 rings (SSSR count). The fourth-order valence-electron chi connectivity index (χ4n) is 9.14. The molecule has 0 bridgehead atoms. The fraction of sp³-hybridized carbons (Fsp3) is 0.347. The third kappa shape index (κ3) is 9.05. The molecule has 12 nitrogen and oxygen atoms in total. The number of hydrogen-bond acceptors (Lipinski definition) is 8. The molecule has 0 unspecified atom stereocenters. The van der Waals surface area contributed by atoms with Crippen molar-refractivity contribution in [2.45, 2.75) is 76.5 Å². The number of carbonyl (C=O) groups excluding carboxylic acids is 3. The molecule has 4 atom stereocenters. The Morgan fingerprint density at radius 1 is 0.803 bits per heavy atom. The van der Waals surface area contributed by atoms with Crippen molar-refractivity contribution in [3.05, 3.63) is 138 Å². The van der Waals surface area contributed by atoms with Gasteiger partial charge in [-0.2, -0.15) is 0 Å². The van der Waals surface area contributed by atoms with Crippen LogP contribution in [0.2, 0.25) is 0 Å². The summed E-state index contributed by atoms with van der Waals surface area (Å²) in [7, 11) is 1.29. The summed E-state index contributed by atoms with van der Waals surface area (Å²) < 4.78 is 4.84. The van der Waals surface area contributed by atoms with Crippen LogP contribution in [0.4, 0.5) is 4.79 Å². The van der Waals surface area contributed by atoms with Crippen molar-refractivity contribution in [3.8, 4) is 22.4 Å². The number of rotatable bonds is 14. The molecule has 2 N–H and O–H groups in total. The van der Waals surface area contributed by atoms with Gasteiger partial charge in [-0.25, -0.2) is 9.78 Å². The number of nitrogens with one attached hydrogen (secondary N) is 2. The van der Waals surface area contributed by atoms with Gasteiger partial charge in [0.1, 0.15) is 17.9 Å². The summed E-state index contributed by atoms with van der Waals surface area (Å²) in [6, 6.07) is 29.6. The molecule has 0 aliphatic carbocycles. The maximum atomic E-state index is 14.3. The van der Waals surface area contributed by atoms with Crippen LogP contribution >= 0.6 is 0 Å². The minimum atomic E-state index is -0.801. The molecular formula is C49H54N8O4. The number of allylic oxidation sites excluding steroid dienone is 1. The molecule has 2 aromatic heterocycles. The first-order chi connectivity index (χ1) is 29.8. The summed E-state index contributed by atoms with van der Waals surface area (Å²) in [4.78, 5) is 63.8. The molecule has 61 heavy (non-hydrogen) atoms. The number of likely N-dealkylation sites (tertiary alicyclic amines) is 2. The first-order valence-electron chi connectivity index (χ1n) is 21.5. The molecule has 3 amide bonds. The zero-order valence-corrected chi connectivity index (χ0v) is 35.2. The van der Waals surface area contributed by atoms with E-state index in [0.717, 1.165) is 102 Å². The maximum absolute atomic E-state index is 14.3. The van der Waals surface area contributed by atoms with Gasteiger partial charge in [0.25, 0.3) is 0 Å². The second-order valence-corrected chi connectivity index (χ2v) is 16.0. The molecule has 0 radical (unpaired) electrons. The topological polar surface area (TPSA) is 136 Å². The normalized spacial score (nSPS) is 18.5. The third-order valence-corrected chi connectivity index (χ3v) is 12.4. The summed E-state index contributed by atoms with van der Waals surface area (Å²) in [5.41, 5.74) is 9.32. The van der Waals surface area contributed by atoms with E-state index in [-0.39, 0.29) is 29.9 Å². The zero-order valence-electron chi connectivity index (χ0n) is 35.2. The number of aromatic nitrogens is 3. The van der Waals surface area contributed by atoms with E-state index in [1.54, 1.807) is 17.3 Å². The second-order valence-electron chi connectivity index (χ2n) is 16.0. The van der Waals surface area contributed by atoms with Gasteiger partial charge in [-0.1, -0.05) is 98.8 Å². The molecule has 12 heteroatoms. The smallest absolute Gasteiger partial charge is 0.407 e. The van der Waals surface area contributed by atoms with Gasteiger partial charge >= 0.3 is 6.09 Å². The molecular weight excluding hydrogens is 765 g/mol. The average Bonchev–Trinajstić information content (AvgIpc) is 4.16. The Kier molecular flexibility index (Phi) is 12.8. The number of alkyl carbamates (subject to hydrolysis) is 1. The summed E-state index contributed by atoms with van der Waals surface area (Å²) in [6.07, 6.45) is 11.1. The van der Waals surface area contributed by atoms with E-state index in [1.165, 1.54) is 12.7 Å². The summed E-state index contributed by atoms with van der Waals surface area (Å²) in [5.74, 6) is 0.704. The third-order valence-electron chi connectivity index (χ3n) is 12.4. The molecule has 3 aliphatic heterocycles. The predicted molar refractivity (Wildman–Crippen MR) is 237 cm³/mol. The maximum Gasteiger partial charge on any atom is 0.407 e. The van der Waals surface area contributed by atoms with Crippen LogP contribution in [-0.2, 0) is 20.7 Å². The van der Waals surface area contributed by atoms with Gasteiger partial charge in [0.15, 0.2) is 0 Å². The monoisotopic (exact) mass is 818 g/mol. The minimum Gasteiger partial charge on any atom is -0.453 e. The average molecular weight is 819 g/mol. The Morgan fingerprint density at radius 2 is 1.46 bits per heavy atom. The van der Waals surface area contributed by atoms with Crippen molar-refractivity contribution in [1.82, 2.24) is 35.0 Å². The number of imidazole rings is 1. The Labute approximate surface area is 357 Å². The molecule has 0 spiro atoms. The minimum absolute atomic E-state index is 0.0110. The van der Waals surface area contributed by atoms with Gasteiger partial charge in [0, 0.05) is 50.2 Å². The number of methoxy groups -OCH3 is 1. The van der Waals surface area contributed by atoms with Crippen molar-refractivity contribution < 1.29 is 19.1 Å². The van der Waals surface area contributed by atoms with E-state index in [9.17, 15) is 14.4 Å². The van der Waals surface area contributed by atoms with Crippen LogP contribution in [-0.4, -0.2) is 98.6 Å². The van der Waals surface area contributed by atoms with Crippen LogP contribution < -0.4 is 5.32 Å². The van der Waals surface area contributed by atoms with Crippen LogP contribution in [0.25, 0.3) is 28.0 Å². The number of benzene rings is 3. The molecule has 3 aromatic carbocycles. The number of pyridine rings is 1. The molecule has 2 fully saturated rings. The SMILES string of the molecule is CCN(CC)[C@@H](C(=O)N1CCC[C@H]1C1=NC=C(c2ccc(-c3ccc(-c4cnc([C@@H]5CCCN5C(=O)[C@H](Cc5cccnc5)NC(=O)OC)[nH]4)cc3)cc2)C1)c1ccccc1. The predicted octanol–water partition coefficient (Wildman–Crippen LogP) is 8.03. The lowest BCUT2D eigenvalue weighted by molar-refractivity contribution is -0.137. The lowest BCUT2D eigenvalue weighted by atomic mass is 9.96. The van der Waals surface area contributed by atoms with E-state index in [2.05, 4.69) is 99.6 Å². The van der Waals surface area contributed by atoms with Crippen molar-refractivity contribution in [3.63, 3.8) is 0 Å². The Hall–Kier alpha value is -6.40. The highest BCUT2D eigenvalue weighted by molar-refractivity contribution is 6.03. The van der Waals surface area contributed by atoms with Gasteiger partial charge in [-0.05, 0) is 83.8 Å². The second kappa shape index (κ2) is 18.9. The number of carbonyl (C=O) groups is 3. The van der Waals surface area contributed by atoms with Crippen molar-refractivity contribution in [1.29, 1.82) is 0 Å². The van der Waals surface area contributed by atoms with Gasteiger partial charge in [-0.15, -0.1) is 0 Å². The van der Waals surface area contributed by atoms with Crippen molar-refractivity contribution >= 4 is 29.2 Å². The highest BCUT2D eigenvalue weighted by Gasteiger charge is 2.39. The first kappa shape index (κ1) is 41.3. The Balaban J connectivity index is 0.897. The van der Waals surface area contributed by atoms with Gasteiger partial charge in [-0.3, -0.25) is 24.5 Å². The standard InChI is InChI=1S/C49H54N8O4/c1-4-55(5-2)45(38-13-7-6-8-14-38)48(59)56-26-10-15-43(56)40-29-39(31-51-40)36-19-17-34(18-20-36)35-21-23-37(24-22-35)42-32-52-46(53-42)44-16-11-27-57(44)47(58)41(54-49(60)61-3)28-33-12-9-25-50-30-33/h6-9,12-14,17-25,30-32,41,43-45H,4-5,10-11,15-16,26-29H2,1-3H3,(H,52,53)(H,54,60)/t41-,43-,44-,45+/m0/s1. The molecule has 5 heterocycles. The number of aromatic amines is 1. The van der Waals surface area contributed by atoms with Crippen LogP contribution in [0.3, 0.4) is 0 Å². The van der Waals surface area contributed by atoms with Crippen molar-refractivity contribution in [2.24, 2.45) is 4.99 Å². The van der Waals surface area contributed by atoms with Crippen LogP contribution in [0, 0.1) is 0 Å². The molecule has 3 aliphatic rings.